The second-order valence-corrected chi connectivity index (χ2v) is 4.42. The van der Waals surface area contributed by atoms with Crippen LogP contribution in [0.1, 0.15) is 18.1 Å². The van der Waals surface area contributed by atoms with E-state index in [0.717, 1.165) is 23.4 Å². The Bertz CT molecular complexity index is 446. The van der Waals surface area contributed by atoms with Crippen LogP contribution in [-0.2, 0) is 4.79 Å². The van der Waals surface area contributed by atoms with Crippen molar-refractivity contribution in [3.05, 3.63) is 29.3 Å². The van der Waals surface area contributed by atoms with Crippen LogP contribution in [0.3, 0.4) is 0 Å². The second kappa shape index (κ2) is 6.96. The second-order valence-electron chi connectivity index (χ2n) is 4.01. The molecular formula is C13H19N3OS. The topological polar surface area (TPSA) is 53.2 Å². The molecule has 0 heterocycles. The molecule has 0 bridgehead atoms. The molecule has 4 nitrogen and oxygen atoms in total. The van der Waals surface area contributed by atoms with E-state index in [4.69, 9.17) is 12.2 Å². The van der Waals surface area contributed by atoms with E-state index in [1.165, 1.54) is 0 Å². The van der Waals surface area contributed by atoms with E-state index in [1.54, 1.807) is 0 Å². The van der Waals surface area contributed by atoms with Gasteiger partial charge < -0.3 is 16.0 Å². The zero-order valence-corrected chi connectivity index (χ0v) is 11.8. The van der Waals surface area contributed by atoms with E-state index in [1.807, 2.05) is 39.0 Å². The number of hydrogen-bond acceptors (Lipinski definition) is 2. The molecule has 0 unspecified atom stereocenters. The van der Waals surface area contributed by atoms with Gasteiger partial charge in [0.2, 0.25) is 5.91 Å². The first-order valence-electron chi connectivity index (χ1n) is 5.92. The fourth-order valence-corrected chi connectivity index (χ4v) is 1.68. The molecule has 5 heteroatoms. The minimum atomic E-state index is -0.107. The van der Waals surface area contributed by atoms with Gasteiger partial charge in [-0.2, -0.15) is 0 Å². The van der Waals surface area contributed by atoms with Crippen molar-refractivity contribution in [2.24, 2.45) is 0 Å². The van der Waals surface area contributed by atoms with E-state index in [9.17, 15) is 4.79 Å². The fraction of sp³-hybridized carbons (Fsp3) is 0.385. The lowest BCUT2D eigenvalue weighted by Crippen LogP contribution is -2.39. The first kappa shape index (κ1) is 14.4. The van der Waals surface area contributed by atoms with Crippen LogP contribution in [0, 0.1) is 13.8 Å². The van der Waals surface area contributed by atoms with Gasteiger partial charge in [-0.25, -0.2) is 0 Å². The Hall–Kier alpha value is -1.62. The average Bonchev–Trinajstić information content (AvgIpc) is 2.33. The van der Waals surface area contributed by atoms with Gasteiger partial charge in [0, 0.05) is 12.2 Å². The maximum absolute atomic E-state index is 11.7. The fourth-order valence-electron chi connectivity index (χ4n) is 1.46. The first-order chi connectivity index (χ1) is 8.54. The molecule has 0 aliphatic rings. The molecule has 1 rings (SSSR count). The number of carbonyl (C=O) groups excluding carboxylic acids is 1. The Balaban J connectivity index is 2.50. The number of benzene rings is 1. The van der Waals surface area contributed by atoms with E-state index in [0.29, 0.717) is 5.11 Å². The highest BCUT2D eigenvalue weighted by molar-refractivity contribution is 7.80. The molecule has 0 radical (unpaired) electrons. The van der Waals surface area contributed by atoms with Gasteiger partial charge in [-0.3, -0.25) is 4.79 Å². The number of hydrogen-bond donors (Lipinski definition) is 3. The maximum atomic E-state index is 11.7. The molecule has 0 fully saturated rings. The summed E-state index contributed by atoms with van der Waals surface area (Å²) >= 11 is 4.98. The lowest BCUT2D eigenvalue weighted by Gasteiger charge is -2.12. The van der Waals surface area contributed by atoms with Gasteiger partial charge >= 0.3 is 0 Å². The summed E-state index contributed by atoms with van der Waals surface area (Å²) < 4.78 is 0. The smallest absolute Gasteiger partial charge is 0.243 e. The Morgan fingerprint density at radius 1 is 1.28 bits per heavy atom. The van der Waals surface area contributed by atoms with Gasteiger partial charge in [0.05, 0.1) is 6.54 Å². The number of rotatable bonds is 4. The molecule has 98 valence electrons. The van der Waals surface area contributed by atoms with Crippen molar-refractivity contribution in [2.75, 3.05) is 18.4 Å². The van der Waals surface area contributed by atoms with Gasteiger partial charge in [0.25, 0.3) is 0 Å². The third-order valence-corrected chi connectivity index (χ3v) is 2.91. The Kier molecular flexibility index (Phi) is 5.58. The zero-order chi connectivity index (χ0) is 13.5. The van der Waals surface area contributed by atoms with Crippen LogP contribution in [0.25, 0.3) is 0 Å². The molecule has 1 aromatic rings. The molecule has 1 aromatic carbocycles. The number of anilines is 1. The summed E-state index contributed by atoms with van der Waals surface area (Å²) in [4.78, 5) is 11.7. The Morgan fingerprint density at radius 3 is 2.67 bits per heavy atom. The average molecular weight is 265 g/mol. The highest BCUT2D eigenvalue weighted by atomic mass is 32.1. The van der Waals surface area contributed by atoms with Crippen molar-refractivity contribution in [3.8, 4) is 0 Å². The standard InChI is InChI=1S/C13H19N3OS/c1-4-14-13(18)15-8-12(17)16-11-7-5-6-9(2)10(11)3/h5-7H,4,8H2,1-3H3,(H,16,17)(H2,14,15,18). The summed E-state index contributed by atoms with van der Waals surface area (Å²) in [6, 6.07) is 5.83. The number of amides is 1. The quantitative estimate of drug-likeness (QED) is 0.726. The number of thiocarbonyl (C=S) groups is 1. The molecule has 18 heavy (non-hydrogen) atoms. The molecule has 0 aromatic heterocycles. The van der Waals surface area contributed by atoms with E-state index < -0.39 is 0 Å². The normalized spacial score (nSPS) is 9.72. The van der Waals surface area contributed by atoms with E-state index in [-0.39, 0.29) is 12.5 Å². The van der Waals surface area contributed by atoms with Crippen LogP contribution in [0.15, 0.2) is 18.2 Å². The van der Waals surface area contributed by atoms with Crippen molar-refractivity contribution in [1.29, 1.82) is 0 Å². The minimum absolute atomic E-state index is 0.107. The summed E-state index contributed by atoms with van der Waals surface area (Å²) in [5.74, 6) is -0.107. The molecule has 0 saturated carbocycles. The van der Waals surface area contributed by atoms with Crippen molar-refractivity contribution in [3.63, 3.8) is 0 Å². The van der Waals surface area contributed by atoms with Crippen LogP contribution in [-0.4, -0.2) is 24.1 Å². The van der Waals surface area contributed by atoms with Crippen LogP contribution < -0.4 is 16.0 Å². The molecule has 0 aliphatic heterocycles. The van der Waals surface area contributed by atoms with Crippen molar-refractivity contribution in [1.82, 2.24) is 10.6 Å². The lowest BCUT2D eigenvalue weighted by atomic mass is 10.1. The maximum Gasteiger partial charge on any atom is 0.243 e. The highest BCUT2D eigenvalue weighted by Gasteiger charge is 2.06. The molecule has 0 saturated heterocycles. The van der Waals surface area contributed by atoms with Gasteiger partial charge in [0.1, 0.15) is 0 Å². The van der Waals surface area contributed by atoms with E-state index in [2.05, 4.69) is 16.0 Å². The van der Waals surface area contributed by atoms with Crippen LogP contribution in [0.5, 0.6) is 0 Å². The third kappa shape index (κ3) is 4.33. The SMILES string of the molecule is CCNC(=S)NCC(=O)Nc1cccc(C)c1C. The molecule has 0 atom stereocenters. The summed E-state index contributed by atoms with van der Waals surface area (Å²) in [6.07, 6.45) is 0. The van der Waals surface area contributed by atoms with E-state index >= 15 is 0 Å². The molecule has 0 aliphatic carbocycles. The van der Waals surface area contributed by atoms with Gasteiger partial charge in [0.15, 0.2) is 5.11 Å². The zero-order valence-electron chi connectivity index (χ0n) is 11.0. The van der Waals surface area contributed by atoms with Crippen LogP contribution >= 0.6 is 12.2 Å². The Labute approximate surface area is 113 Å². The largest absolute Gasteiger partial charge is 0.363 e. The number of carbonyl (C=O) groups is 1. The summed E-state index contributed by atoms with van der Waals surface area (Å²) in [6.45, 7) is 6.86. The van der Waals surface area contributed by atoms with Crippen LogP contribution in [0.4, 0.5) is 5.69 Å². The predicted octanol–water partition coefficient (Wildman–Crippen LogP) is 1.73. The Morgan fingerprint density at radius 2 is 2.00 bits per heavy atom. The molecular weight excluding hydrogens is 246 g/mol. The van der Waals surface area contributed by atoms with Gasteiger partial charge in [-0.1, -0.05) is 12.1 Å². The monoisotopic (exact) mass is 265 g/mol. The van der Waals surface area contributed by atoms with Crippen molar-refractivity contribution < 1.29 is 4.79 Å². The summed E-state index contributed by atoms with van der Waals surface area (Å²) in [7, 11) is 0. The minimum Gasteiger partial charge on any atom is -0.363 e. The molecule has 1 amide bonds. The number of aryl methyl sites for hydroxylation is 1. The number of nitrogens with one attached hydrogen (secondary N) is 3. The lowest BCUT2D eigenvalue weighted by molar-refractivity contribution is -0.115. The molecule has 0 spiro atoms. The highest BCUT2D eigenvalue weighted by Crippen LogP contribution is 2.17. The first-order valence-corrected chi connectivity index (χ1v) is 6.33. The summed E-state index contributed by atoms with van der Waals surface area (Å²) in [5, 5.41) is 9.13. The summed E-state index contributed by atoms with van der Waals surface area (Å²) in [5.41, 5.74) is 3.08. The van der Waals surface area contributed by atoms with Gasteiger partial charge in [-0.15, -0.1) is 0 Å². The van der Waals surface area contributed by atoms with Gasteiger partial charge in [-0.05, 0) is 50.2 Å². The third-order valence-electron chi connectivity index (χ3n) is 2.63. The van der Waals surface area contributed by atoms with Crippen molar-refractivity contribution in [2.45, 2.75) is 20.8 Å². The van der Waals surface area contributed by atoms with Crippen LogP contribution in [0.2, 0.25) is 0 Å². The predicted molar refractivity (Wildman–Crippen MR) is 78.8 cm³/mol. The molecule has 3 N–H and O–H groups in total. The van der Waals surface area contributed by atoms with Crippen molar-refractivity contribution >= 4 is 28.9 Å².